The zero-order valence-corrected chi connectivity index (χ0v) is 9.06. The van der Waals surface area contributed by atoms with E-state index in [1.54, 1.807) is 18.3 Å². The molecule has 0 saturated heterocycles. The Bertz CT molecular complexity index is 251. The molecule has 2 heteroatoms. The molecule has 1 aromatic heterocycles. The lowest BCUT2D eigenvalue weighted by molar-refractivity contribution is -0.117. The van der Waals surface area contributed by atoms with E-state index in [4.69, 9.17) is 0 Å². The lowest BCUT2D eigenvalue weighted by Gasteiger charge is -2.11. The Balaban J connectivity index is 2.49. The molecule has 0 N–H and O–H groups in total. The maximum absolute atomic E-state index is 10.8. The molecule has 1 atom stereocenters. The molecule has 1 aromatic rings. The van der Waals surface area contributed by atoms with Gasteiger partial charge in [0.1, 0.15) is 5.78 Å². The van der Waals surface area contributed by atoms with Gasteiger partial charge in [0, 0.05) is 11.3 Å². The molecule has 0 aliphatic carbocycles. The number of rotatable bonds is 5. The lowest BCUT2D eigenvalue weighted by atomic mass is 9.97. The van der Waals surface area contributed by atoms with Gasteiger partial charge in [-0.1, -0.05) is 13.0 Å². The molecule has 1 rings (SSSR count). The van der Waals surface area contributed by atoms with Gasteiger partial charge in [-0.05, 0) is 37.1 Å². The molecule has 0 amide bonds. The minimum Gasteiger partial charge on any atom is -0.300 e. The largest absolute Gasteiger partial charge is 0.300 e. The second-order valence-electron chi connectivity index (χ2n) is 3.36. The number of thiophene rings is 1. The maximum atomic E-state index is 10.8. The van der Waals surface area contributed by atoms with Crippen LogP contribution in [0.3, 0.4) is 0 Å². The Hall–Kier alpha value is -0.630. The van der Waals surface area contributed by atoms with Gasteiger partial charge in [0.25, 0.3) is 0 Å². The molecular formula is C11H16OS. The summed E-state index contributed by atoms with van der Waals surface area (Å²) in [7, 11) is 0. The molecule has 0 fully saturated rings. The first-order valence-corrected chi connectivity index (χ1v) is 5.64. The molecule has 13 heavy (non-hydrogen) atoms. The van der Waals surface area contributed by atoms with Gasteiger partial charge in [-0.3, -0.25) is 0 Å². The lowest BCUT2D eigenvalue weighted by Crippen LogP contribution is -1.98. The summed E-state index contributed by atoms with van der Waals surface area (Å²) in [5.74, 6) is 0.888. The van der Waals surface area contributed by atoms with Crippen LogP contribution in [0, 0.1) is 0 Å². The monoisotopic (exact) mass is 196 g/mol. The van der Waals surface area contributed by atoms with Gasteiger partial charge in [0.15, 0.2) is 0 Å². The standard InChI is InChI=1S/C11H16OS/c1-3-10(7-6-9(2)12)11-5-4-8-13-11/h4-5,8,10H,3,6-7H2,1-2H3. The predicted octanol–water partition coefficient (Wildman–Crippen LogP) is 3.61. The fraction of sp³-hybridized carbons (Fsp3) is 0.545. The van der Waals surface area contributed by atoms with Crippen molar-refractivity contribution < 1.29 is 4.79 Å². The average molecular weight is 196 g/mol. The summed E-state index contributed by atoms with van der Waals surface area (Å²) in [6.07, 6.45) is 2.86. The van der Waals surface area contributed by atoms with Gasteiger partial charge in [-0.2, -0.15) is 0 Å². The Labute approximate surface area is 83.8 Å². The number of ketones is 1. The number of Topliss-reactive ketones (excluding diaryl/α,β-unsaturated/α-hetero) is 1. The molecule has 0 radical (unpaired) electrons. The third-order valence-electron chi connectivity index (χ3n) is 2.28. The topological polar surface area (TPSA) is 17.1 Å². The minimum absolute atomic E-state index is 0.301. The van der Waals surface area contributed by atoms with Crippen LogP contribution >= 0.6 is 11.3 Å². The molecule has 0 aromatic carbocycles. The smallest absolute Gasteiger partial charge is 0.129 e. The second-order valence-corrected chi connectivity index (χ2v) is 4.34. The summed E-state index contributed by atoms with van der Waals surface area (Å²) in [6, 6.07) is 4.25. The van der Waals surface area contributed by atoms with Crippen molar-refractivity contribution in [3.05, 3.63) is 22.4 Å². The highest BCUT2D eigenvalue weighted by atomic mass is 32.1. The molecule has 1 unspecified atom stereocenters. The summed E-state index contributed by atoms with van der Waals surface area (Å²) in [5.41, 5.74) is 0. The van der Waals surface area contributed by atoms with Crippen LogP contribution in [0.2, 0.25) is 0 Å². The number of hydrogen-bond donors (Lipinski definition) is 0. The van der Waals surface area contributed by atoms with Gasteiger partial charge in [-0.15, -0.1) is 11.3 Å². The normalized spacial score (nSPS) is 12.8. The van der Waals surface area contributed by atoms with Crippen LogP contribution in [0.15, 0.2) is 17.5 Å². The van der Waals surface area contributed by atoms with Gasteiger partial charge in [0.05, 0.1) is 0 Å². The average Bonchev–Trinajstić information content (AvgIpc) is 2.58. The molecule has 0 spiro atoms. The first-order valence-electron chi connectivity index (χ1n) is 4.77. The Morgan fingerprint density at radius 1 is 1.62 bits per heavy atom. The van der Waals surface area contributed by atoms with E-state index in [0.29, 0.717) is 11.7 Å². The quantitative estimate of drug-likeness (QED) is 0.703. The van der Waals surface area contributed by atoms with Crippen molar-refractivity contribution in [3.8, 4) is 0 Å². The highest BCUT2D eigenvalue weighted by Gasteiger charge is 2.10. The summed E-state index contributed by atoms with van der Waals surface area (Å²) in [5, 5.41) is 2.10. The number of carbonyl (C=O) groups is 1. The summed E-state index contributed by atoms with van der Waals surface area (Å²) >= 11 is 1.80. The zero-order chi connectivity index (χ0) is 9.68. The molecular weight excluding hydrogens is 180 g/mol. The Morgan fingerprint density at radius 3 is 2.85 bits per heavy atom. The first kappa shape index (κ1) is 10.5. The van der Waals surface area contributed by atoms with Gasteiger partial charge < -0.3 is 4.79 Å². The van der Waals surface area contributed by atoms with E-state index in [1.165, 1.54) is 4.88 Å². The molecule has 72 valence electrons. The highest BCUT2D eigenvalue weighted by molar-refractivity contribution is 7.10. The number of hydrogen-bond acceptors (Lipinski definition) is 2. The molecule has 1 heterocycles. The van der Waals surface area contributed by atoms with Gasteiger partial charge in [0.2, 0.25) is 0 Å². The van der Waals surface area contributed by atoms with Crippen LogP contribution < -0.4 is 0 Å². The van der Waals surface area contributed by atoms with Crippen molar-refractivity contribution >= 4 is 17.1 Å². The molecule has 0 saturated carbocycles. The summed E-state index contributed by atoms with van der Waals surface area (Å²) < 4.78 is 0. The Kier molecular flexibility index (Phi) is 4.16. The molecule has 0 bridgehead atoms. The van der Waals surface area contributed by atoms with Crippen LogP contribution in [0.25, 0.3) is 0 Å². The van der Waals surface area contributed by atoms with Crippen LogP contribution in [-0.2, 0) is 4.79 Å². The van der Waals surface area contributed by atoms with Crippen LogP contribution in [0.4, 0.5) is 0 Å². The van der Waals surface area contributed by atoms with Crippen LogP contribution in [0.5, 0.6) is 0 Å². The fourth-order valence-electron chi connectivity index (χ4n) is 1.45. The fourth-order valence-corrected chi connectivity index (χ4v) is 2.40. The molecule has 0 aliphatic rings. The van der Waals surface area contributed by atoms with Crippen molar-refractivity contribution in [1.82, 2.24) is 0 Å². The van der Waals surface area contributed by atoms with Crippen molar-refractivity contribution in [2.75, 3.05) is 0 Å². The van der Waals surface area contributed by atoms with E-state index < -0.39 is 0 Å². The summed E-state index contributed by atoms with van der Waals surface area (Å²) in [6.45, 7) is 3.85. The maximum Gasteiger partial charge on any atom is 0.129 e. The predicted molar refractivity (Wildman–Crippen MR) is 57.3 cm³/mol. The third-order valence-corrected chi connectivity index (χ3v) is 3.32. The zero-order valence-electron chi connectivity index (χ0n) is 8.25. The Morgan fingerprint density at radius 2 is 2.38 bits per heavy atom. The van der Waals surface area contributed by atoms with E-state index in [9.17, 15) is 4.79 Å². The molecule has 1 nitrogen and oxygen atoms in total. The van der Waals surface area contributed by atoms with Crippen LogP contribution in [0.1, 0.15) is 43.9 Å². The van der Waals surface area contributed by atoms with Crippen molar-refractivity contribution in [2.45, 2.75) is 39.0 Å². The van der Waals surface area contributed by atoms with E-state index in [1.807, 2.05) is 0 Å². The SMILES string of the molecule is CCC(CCC(C)=O)c1cccs1. The second kappa shape index (κ2) is 5.18. The molecule has 0 aliphatic heterocycles. The highest BCUT2D eigenvalue weighted by Crippen LogP contribution is 2.28. The van der Waals surface area contributed by atoms with Gasteiger partial charge >= 0.3 is 0 Å². The van der Waals surface area contributed by atoms with Gasteiger partial charge in [-0.25, -0.2) is 0 Å². The van der Waals surface area contributed by atoms with E-state index in [-0.39, 0.29) is 0 Å². The van der Waals surface area contributed by atoms with E-state index >= 15 is 0 Å². The minimum atomic E-state index is 0.301. The first-order chi connectivity index (χ1) is 6.24. The van der Waals surface area contributed by atoms with Crippen molar-refractivity contribution in [3.63, 3.8) is 0 Å². The van der Waals surface area contributed by atoms with Crippen LogP contribution in [-0.4, -0.2) is 5.78 Å². The third kappa shape index (κ3) is 3.31. The summed E-state index contributed by atoms with van der Waals surface area (Å²) in [4.78, 5) is 12.3. The van der Waals surface area contributed by atoms with Crippen molar-refractivity contribution in [2.24, 2.45) is 0 Å². The van der Waals surface area contributed by atoms with E-state index in [0.717, 1.165) is 19.3 Å². The van der Waals surface area contributed by atoms with Crippen molar-refractivity contribution in [1.29, 1.82) is 0 Å². The van der Waals surface area contributed by atoms with E-state index in [2.05, 4.69) is 24.4 Å². The number of carbonyl (C=O) groups excluding carboxylic acids is 1.